The maximum Gasteiger partial charge on any atom is 0.175 e. The van der Waals surface area contributed by atoms with E-state index < -0.39 is 0 Å². The summed E-state index contributed by atoms with van der Waals surface area (Å²) in [6, 6.07) is 12.0. The number of nitrogens with two attached hydrogens (primary N) is 1. The molecule has 0 saturated carbocycles. The van der Waals surface area contributed by atoms with Crippen LogP contribution in [-0.4, -0.2) is 13.7 Å². The van der Waals surface area contributed by atoms with E-state index in [1.807, 2.05) is 36.4 Å². The molecule has 2 N–H and O–H groups in total. The Morgan fingerprint density at radius 3 is 2.38 bits per heavy atom. The van der Waals surface area contributed by atoms with Crippen LogP contribution in [0.15, 0.2) is 45.3 Å². The molecule has 0 aliphatic carbocycles. The molecule has 0 fully saturated rings. The molecule has 0 aromatic heterocycles. The van der Waals surface area contributed by atoms with E-state index in [2.05, 4.69) is 31.9 Å². The molecule has 3 nitrogen and oxygen atoms in total. The van der Waals surface area contributed by atoms with Crippen molar-refractivity contribution in [1.82, 2.24) is 0 Å². The average Bonchev–Trinajstić information content (AvgIpc) is 2.47. The van der Waals surface area contributed by atoms with E-state index in [9.17, 15) is 0 Å². The summed E-state index contributed by atoms with van der Waals surface area (Å²) in [5.74, 6) is 1.42. The van der Waals surface area contributed by atoms with Gasteiger partial charge in [-0.15, -0.1) is 0 Å². The fraction of sp³-hybridized carbons (Fsp3) is 0.250. The molecule has 2 rings (SSSR count). The highest BCUT2D eigenvalue weighted by Crippen LogP contribution is 2.37. The lowest BCUT2D eigenvalue weighted by molar-refractivity contribution is 0.282. The molecular weight excluding hydrogens is 398 g/mol. The third-order valence-corrected chi connectivity index (χ3v) is 4.14. The Labute approximate surface area is 141 Å². The van der Waals surface area contributed by atoms with Crippen molar-refractivity contribution in [3.63, 3.8) is 0 Å². The van der Waals surface area contributed by atoms with E-state index in [1.54, 1.807) is 7.11 Å². The molecule has 0 saturated heterocycles. The first-order valence-corrected chi connectivity index (χ1v) is 8.16. The monoisotopic (exact) mass is 413 g/mol. The standard InChI is InChI=1S/C16H17Br2NO2/c1-20-15-9-12(6-7-19)8-14(18)16(15)21-10-11-2-4-13(17)5-3-11/h2-5,8-9H,6-7,10,19H2,1H3. The molecule has 0 bridgehead atoms. The second-order valence-electron chi connectivity index (χ2n) is 4.56. The quantitative estimate of drug-likeness (QED) is 0.766. The van der Waals surface area contributed by atoms with Crippen molar-refractivity contribution < 1.29 is 9.47 Å². The summed E-state index contributed by atoms with van der Waals surface area (Å²) in [7, 11) is 1.64. The van der Waals surface area contributed by atoms with Gasteiger partial charge in [0.25, 0.3) is 0 Å². The average molecular weight is 415 g/mol. The third kappa shape index (κ3) is 4.46. The number of rotatable bonds is 6. The minimum absolute atomic E-state index is 0.485. The number of hydrogen-bond donors (Lipinski definition) is 1. The summed E-state index contributed by atoms with van der Waals surface area (Å²) in [4.78, 5) is 0. The summed E-state index contributed by atoms with van der Waals surface area (Å²) in [6.07, 6.45) is 0.807. The smallest absolute Gasteiger partial charge is 0.175 e. The Morgan fingerprint density at radius 1 is 1.05 bits per heavy atom. The molecule has 112 valence electrons. The highest BCUT2D eigenvalue weighted by Gasteiger charge is 2.11. The Morgan fingerprint density at radius 2 is 1.76 bits per heavy atom. The van der Waals surface area contributed by atoms with E-state index in [4.69, 9.17) is 15.2 Å². The van der Waals surface area contributed by atoms with Gasteiger partial charge in [0.1, 0.15) is 6.61 Å². The van der Waals surface area contributed by atoms with Gasteiger partial charge in [0.2, 0.25) is 0 Å². The molecular formula is C16H17Br2NO2. The third-order valence-electron chi connectivity index (χ3n) is 3.02. The molecule has 0 unspecified atom stereocenters. The van der Waals surface area contributed by atoms with Crippen LogP contribution < -0.4 is 15.2 Å². The Balaban J connectivity index is 2.16. The molecule has 0 heterocycles. The summed E-state index contributed by atoms with van der Waals surface area (Å²) in [5.41, 5.74) is 7.81. The molecule has 0 amide bonds. The predicted molar refractivity (Wildman–Crippen MR) is 91.9 cm³/mol. The topological polar surface area (TPSA) is 44.5 Å². The van der Waals surface area contributed by atoms with Crippen molar-refractivity contribution in [2.75, 3.05) is 13.7 Å². The maximum atomic E-state index is 5.90. The normalized spacial score (nSPS) is 10.5. The lowest BCUT2D eigenvalue weighted by atomic mass is 10.1. The Bertz CT molecular complexity index is 600. The Kier molecular flexibility index (Phi) is 6.08. The van der Waals surface area contributed by atoms with Crippen molar-refractivity contribution in [3.8, 4) is 11.5 Å². The number of hydrogen-bond acceptors (Lipinski definition) is 3. The van der Waals surface area contributed by atoms with Crippen LogP contribution in [0.1, 0.15) is 11.1 Å². The van der Waals surface area contributed by atoms with E-state index in [0.29, 0.717) is 24.7 Å². The van der Waals surface area contributed by atoms with E-state index in [0.717, 1.165) is 26.5 Å². The molecule has 0 radical (unpaired) electrons. The van der Waals surface area contributed by atoms with Gasteiger partial charge in [0, 0.05) is 4.47 Å². The van der Waals surface area contributed by atoms with Crippen molar-refractivity contribution >= 4 is 31.9 Å². The lowest BCUT2D eigenvalue weighted by Gasteiger charge is -2.14. The summed E-state index contributed by atoms with van der Waals surface area (Å²) in [5, 5.41) is 0. The van der Waals surface area contributed by atoms with Gasteiger partial charge in [0.15, 0.2) is 11.5 Å². The van der Waals surface area contributed by atoms with Crippen molar-refractivity contribution in [1.29, 1.82) is 0 Å². The van der Waals surface area contributed by atoms with E-state index >= 15 is 0 Å². The van der Waals surface area contributed by atoms with Crippen molar-refractivity contribution in [2.24, 2.45) is 5.73 Å². The highest BCUT2D eigenvalue weighted by molar-refractivity contribution is 9.10. The van der Waals surface area contributed by atoms with Crippen LogP contribution in [0.4, 0.5) is 0 Å². The molecule has 0 spiro atoms. The fourth-order valence-corrected chi connectivity index (χ4v) is 2.83. The van der Waals surface area contributed by atoms with Crippen LogP contribution in [0.2, 0.25) is 0 Å². The molecule has 0 aliphatic rings. The van der Waals surface area contributed by atoms with Crippen LogP contribution in [0.25, 0.3) is 0 Å². The fourth-order valence-electron chi connectivity index (χ4n) is 1.96. The van der Waals surface area contributed by atoms with E-state index in [-0.39, 0.29) is 0 Å². The number of ether oxygens (including phenoxy) is 2. The van der Waals surface area contributed by atoms with Crippen LogP contribution in [0.3, 0.4) is 0 Å². The number of halogens is 2. The maximum absolute atomic E-state index is 5.90. The summed E-state index contributed by atoms with van der Waals surface area (Å²) < 4.78 is 13.2. The molecule has 5 heteroatoms. The van der Waals surface area contributed by atoms with Gasteiger partial charge in [-0.3, -0.25) is 0 Å². The van der Waals surface area contributed by atoms with Crippen LogP contribution in [0, 0.1) is 0 Å². The zero-order valence-electron chi connectivity index (χ0n) is 11.7. The largest absolute Gasteiger partial charge is 0.493 e. The van der Waals surface area contributed by atoms with Crippen LogP contribution in [0.5, 0.6) is 11.5 Å². The molecule has 0 aliphatic heterocycles. The van der Waals surface area contributed by atoms with Crippen molar-refractivity contribution in [3.05, 3.63) is 56.5 Å². The first kappa shape index (κ1) is 16.3. The van der Waals surface area contributed by atoms with Gasteiger partial charge >= 0.3 is 0 Å². The number of methoxy groups -OCH3 is 1. The number of benzene rings is 2. The van der Waals surface area contributed by atoms with Gasteiger partial charge in [-0.05, 0) is 64.3 Å². The minimum Gasteiger partial charge on any atom is -0.493 e. The van der Waals surface area contributed by atoms with Crippen LogP contribution in [-0.2, 0) is 13.0 Å². The van der Waals surface area contributed by atoms with E-state index in [1.165, 1.54) is 0 Å². The first-order chi connectivity index (χ1) is 10.1. The lowest BCUT2D eigenvalue weighted by Crippen LogP contribution is -2.04. The van der Waals surface area contributed by atoms with Gasteiger partial charge in [-0.2, -0.15) is 0 Å². The molecule has 21 heavy (non-hydrogen) atoms. The SMILES string of the molecule is COc1cc(CCN)cc(Br)c1OCc1ccc(Br)cc1. The summed E-state index contributed by atoms with van der Waals surface area (Å²) in [6.45, 7) is 1.09. The molecule has 2 aromatic rings. The van der Waals surface area contributed by atoms with Crippen molar-refractivity contribution in [2.45, 2.75) is 13.0 Å². The first-order valence-electron chi connectivity index (χ1n) is 6.57. The second-order valence-corrected chi connectivity index (χ2v) is 6.33. The van der Waals surface area contributed by atoms with Gasteiger partial charge in [-0.25, -0.2) is 0 Å². The molecule has 0 atom stereocenters. The zero-order chi connectivity index (χ0) is 15.2. The van der Waals surface area contributed by atoms with Gasteiger partial charge in [0.05, 0.1) is 11.6 Å². The zero-order valence-corrected chi connectivity index (χ0v) is 14.9. The summed E-state index contributed by atoms with van der Waals surface area (Å²) >= 11 is 6.96. The Hall–Kier alpha value is -1.04. The highest BCUT2D eigenvalue weighted by atomic mass is 79.9. The molecule has 2 aromatic carbocycles. The second kappa shape index (κ2) is 7.82. The minimum atomic E-state index is 0.485. The van der Waals surface area contributed by atoms with Gasteiger partial charge < -0.3 is 15.2 Å². The van der Waals surface area contributed by atoms with Gasteiger partial charge in [-0.1, -0.05) is 28.1 Å². The van der Waals surface area contributed by atoms with Crippen LogP contribution >= 0.6 is 31.9 Å². The predicted octanol–water partition coefficient (Wildman–Crippen LogP) is 4.30.